The number of hydrogen-bond donors (Lipinski definition) is 2. The second-order valence-corrected chi connectivity index (χ2v) is 7.20. The average molecular weight is 457 g/mol. The highest BCUT2D eigenvalue weighted by Crippen LogP contribution is 2.42. The number of nitrogens with zero attached hydrogens (tertiary/aromatic N) is 3. The molecule has 1 saturated carbocycles. The molecule has 1 aromatic rings. The van der Waals surface area contributed by atoms with Crippen molar-refractivity contribution in [3.63, 3.8) is 0 Å². The van der Waals surface area contributed by atoms with Gasteiger partial charge in [-0.25, -0.2) is 4.98 Å². The quantitative estimate of drug-likeness (QED) is 0.390. The molecule has 1 aromatic heterocycles. The molecule has 1 aliphatic carbocycles. The minimum Gasteiger partial charge on any atom is -0.357 e. The molecule has 0 aromatic carbocycles. The molecule has 1 aliphatic heterocycles. The molecule has 25 heavy (non-hydrogen) atoms. The van der Waals surface area contributed by atoms with Crippen LogP contribution in [0.15, 0.2) is 23.3 Å². The highest BCUT2D eigenvalue weighted by Gasteiger charge is 2.34. The first kappa shape index (κ1) is 20.3. The van der Waals surface area contributed by atoms with Gasteiger partial charge in [0.15, 0.2) is 5.96 Å². The zero-order chi connectivity index (χ0) is 16.8. The molecular formula is C19H32IN5. The third-order valence-corrected chi connectivity index (χ3v) is 5.72. The lowest BCUT2D eigenvalue weighted by molar-refractivity contribution is 0.131. The summed E-state index contributed by atoms with van der Waals surface area (Å²) >= 11 is 0. The number of aliphatic imine (C=N–C) groups is 1. The van der Waals surface area contributed by atoms with Gasteiger partial charge < -0.3 is 15.5 Å². The Morgan fingerprint density at radius 2 is 2.00 bits per heavy atom. The van der Waals surface area contributed by atoms with Crippen LogP contribution in [0.25, 0.3) is 0 Å². The van der Waals surface area contributed by atoms with E-state index < -0.39 is 0 Å². The van der Waals surface area contributed by atoms with Crippen molar-refractivity contribution < 1.29 is 0 Å². The predicted molar refractivity (Wildman–Crippen MR) is 116 cm³/mol. The van der Waals surface area contributed by atoms with Crippen LogP contribution in [0.3, 0.4) is 0 Å². The van der Waals surface area contributed by atoms with Gasteiger partial charge in [-0.3, -0.25) is 4.99 Å². The van der Waals surface area contributed by atoms with Crippen molar-refractivity contribution in [2.45, 2.75) is 52.0 Å². The number of hydrogen-bond acceptors (Lipinski definition) is 3. The van der Waals surface area contributed by atoms with E-state index in [1.807, 2.05) is 13.2 Å². The topological polar surface area (TPSA) is 52.6 Å². The lowest BCUT2D eigenvalue weighted by Gasteiger charge is -2.41. The molecule has 1 saturated heterocycles. The predicted octanol–water partition coefficient (Wildman–Crippen LogP) is 3.55. The second-order valence-electron chi connectivity index (χ2n) is 7.20. The fraction of sp³-hybridized carbons (Fsp3) is 0.684. The zero-order valence-electron chi connectivity index (χ0n) is 15.6. The largest absolute Gasteiger partial charge is 0.357 e. The number of aromatic nitrogens is 1. The number of nitrogens with one attached hydrogen (secondary N) is 2. The third kappa shape index (κ3) is 5.21. The Balaban J connectivity index is 0.00000225. The number of anilines is 1. The van der Waals surface area contributed by atoms with Gasteiger partial charge in [0.1, 0.15) is 5.82 Å². The minimum absolute atomic E-state index is 0. The lowest BCUT2D eigenvalue weighted by atomic mass is 9.67. The highest BCUT2D eigenvalue weighted by molar-refractivity contribution is 14.0. The van der Waals surface area contributed by atoms with E-state index in [1.54, 1.807) is 0 Å². The second kappa shape index (κ2) is 9.59. The van der Waals surface area contributed by atoms with Gasteiger partial charge in [0.25, 0.3) is 0 Å². The van der Waals surface area contributed by atoms with E-state index in [9.17, 15) is 0 Å². The van der Waals surface area contributed by atoms with Crippen LogP contribution in [0.1, 0.15) is 51.0 Å². The van der Waals surface area contributed by atoms with Crippen molar-refractivity contribution in [3.8, 4) is 0 Å². The maximum atomic E-state index is 4.52. The summed E-state index contributed by atoms with van der Waals surface area (Å²) in [4.78, 5) is 11.3. The number of pyridine rings is 1. The van der Waals surface area contributed by atoms with Crippen LogP contribution in [0, 0.1) is 5.41 Å². The van der Waals surface area contributed by atoms with Crippen LogP contribution in [-0.4, -0.2) is 37.6 Å². The summed E-state index contributed by atoms with van der Waals surface area (Å²) in [5.74, 6) is 2.00. The number of halogens is 1. The molecule has 0 atom stereocenters. The first-order valence-corrected chi connectivity index (χ1v) is 9.39. The minimum atomic E-state index is 0. The molecule has 2 aliphatic rings. The number of rotatable bonds is 6. The van der Waals surface area contributed by atoms with Crippen LogP contribution in [0.2, 0.25) is 0 Å². The van der Waals surface area contributed by atoms with Crippen molar-refractivity contribution >= 4 is 35.8 Å². The first-order valence-electron chi connectivity index (χ1n) is 9.39. The van der Waals surface area contributed by atoms with Crippen molar-refractivity contribution in [2.75, 3.05) is 31.6 Å². The normalized spacial score (nSPS) is 19.1. The van der Waals surface area contributed by atoms with Gasteiger partial charge in [-0.2, -0.15) is 0 Å². The van der Waals surface area contributed by atoms with E-state index in [0.29, 0.717) is 5.41 Å². The highest BCUT2D eigenvalue weighted by atomic mass is 127. The first-order chi connectivity index (χ1) is 11.7. The molecule has 0 amide bonds. The van der Waals surface area contributed by atoms with Crippen LogP contribution in [-0.2, 0) is 6.54 Å². The van der Waals surface area contributed by atoms with E-state index >= 15 is 0 Å². The Bertz CT molecular complexity index is 559. The van der Waals surface area contributed by atoms with Gasteiger partial charge >= 0.3 is 0 Å². The Labute approximate surface area is 169 Å². The Morgan fingerprint density at radius 3 is 2.60 bits per heavy atom. The van der Waals surface area contributed by atoms with Crippen LogP contribution < -0.4 is 15.5 Å². The van der Waals surface area contributed by atoms with Crippen molar-refractivity contribution in [1.29, 1.82) is 0 Å². The van der Waals surface area contributed by atoms with Crippen molar-refractivity contribution in [2.24, 2.45) is 10.4 Å². The molecule has 3 rings (SSSR count). The lowest BCUT2D eigenvalue weighted by Crippen LogP contribution is -2.46. The summed E-state index contributed by atoms with van der Waals surface area (Å²) in [6.07, 6.45) is 9.79. The van der Waals surface area contributed by atoms with Gasteiger partial charge in [-0.1, -0.05) is 13.3 Å². The SMILES string of the molecule is CCC1(CNC(=NC)NCc2ccnc(N3CCCC3)c2)CCC1.I. The molecule has 0 bridgehead atoms. The fourth-order valence-electron chi connectivity index (χ4n) is 3.70. The van der Waals surface area contributed by atoms with Gasteiger partial charge in [-0.05, 0) is 55.2 Å². The van der Waals surface area contributed by atoms with Crippen molar-refractivity contribution in [1.82, 2.24) is 15.6 Å². The molecule has 0 spiro atoms. The molecule has 2 heterocycles. The van der Waals surface area contributed by atoms with E-state index in [1.165, 1.54) is 44.1 Å². The third-order valence-electron chi connectivity index (χ3n) is 5.72. The fourth-order valence-corrected chi connectivity index (χ4v) is 3.70. The van der Waals surface area contributed by atoms with Crippen LogP contribution in [0.4, 0.5) is 5.82 Å². The van der Waals surface area contributed by atoms with Gasteiger partial charge in [0, 0.05) is 39.4 Å². The summed E-state index contributed by atoms with van der Waals surface area (Å²) in [5, 5.41) is 6.96. The summed E-state index contributed by atoms with van der Waals surface area (Å²) < 4.78 is 0. The van der Waals surface area contributed by atoms with E-state index in [4.69, 9.17) is 0 Å². The molecular weight excluding hydrogens is 425 g/mol. The average Bonchev–Trinajstić information content (AvgIpc) is 3.12. The van der Waals surface area contributed by atoms with Crippen LogP contribution >= 0.6 is 24.0 Å². The molecule has 140 valence electrons. The molecule has 0 radical (unpaired) electrons. The summed E-state index contributed by atoms with van der Waals surface area (Å²) in [7, 11) is 1.84. The molecule has 5 nitrogen and oxygen atoms in total. The van der Waals surface area contributed by atoms with Gasteiger partial charge in [0.05, 0.1) is 0 Å². The monoisotopic (exact) mass is 457 g/mol. The Kier molecular flexibility index (Phi) is 7.78. The molecule has 2 fully saturated rings. The Hall–Kier alpha value is -1.05. The van der Waals surface area contributed by atoms with E-state index in [-0.39, 0.29) is 24.0 Å². The molecule has 0 unspecified atom stereocenters. The summed E-state index contributed by atoms with van der Waals surface area (Å²) in [5.41, 5.74) is 1.75. The summed E-state index contributed by atoms with van der Waals surface area (Å²) in [6.45, 7) is 6.37. The zero-order valence-corrected chi connectivity index (χ0v) is 17.9. The Morgan fingerprint density at radius 1 is 1.24 bits per heavy atom. The number of guanidine groups is 1. The smallest absolute Gasteiger partial charge is 0.191 e. The standard InChI is InChI=1S/C19H31N5.HI/c1-3-19(8-6-9-19)15-23-18(20-2)22-14-16-7-10-21-17(13-16)24-11-4-5-12-24;/h7,10,13H,3-6,8-9,11-12,14-15H2,1-2H3,(H2,20,22,23);1H. The van der Waals surface area contributed by atoms with Crippen molar-refractivity contribution in [3.05, 3.63) is 23.9 Å². The van der Waals surface area contributed by atoms with E-state index in [2.05, 4.69) is 44.6 Å². The van der Waals surface area contributed by atoms with Crippen LogP contribution in [0.5, 0.6) is 0 Å². The summed E-state index contributed by atoms with van der Waals surface area (Å²) in [6, 6.07) is 4.28. The maximum Gasteiger partial charge on any atom is 0.191 e. The maximum absolute atomic E-state index is 4.52. The molecule has 2 N–H and O–H groups in total. The van der Waals surface area contributed by atoms with Gasteiger partial charge in [-0.15, -0.1) is 24.0 Å². The van der Waals surface area contributed by atoms with E-state index in [0.717, 1.165) is 38.0 Å². The molecule has 6 heteroatoms. The van der Waals surface area contributed by atoms with Gasteiger partial charge in [0.2, 0.25) is 0 Å².